The van der Waals surface area contributed by atoms with Gasteiger partial charge in [0.2, 0.25) is 0 Å². The Balaban J connectivity index is 0.00000128. The summed E-state index contributed by atoms with van der Waals surface area (Å²) in [6.07, 6.45) is 0. The molecule has 0 spiro atoms. The van der Waals surface area contributed by atoms with E-state index in [2.05, 4.69) is 0 Å². The third-order valence-corrected chi connectivity index (χ3v) is 2.42. The minimum absolute atomic E-state index is 0. The Morgan fingerprint density at radius 3 is 2.25 bits per heavy atom. The van der Waals surface area contributed by atoms with Crippen LogP contribution in [0.25, 0.3) is 10.8 Å². The van der Waals surface area contributed by atoms with Crippen LogP contribution in [-0.2, 0) is 0 Å². The molecule has 2 aromatic carbocycles. The Hall–Kier alpha value is -1.61. The molecular formula is C12H14ClNO2. The molecule has 0 radical (unpaired) electrons. The molecule has 0 fully saturated rings. The lowest BCUT2D eigenvalue weighted by Crippen LogP contribution is -1.92. The van der Waals surface area contributed by atoms with Gasteiger partial charge < -0.3 is 15.2 Å². The summed E-state index contributed by atoms with van der Waals surface area (Å²) < 4.78 is 10.4. The van der Waals surface area contributed by atoms with Gasteiger partial charge in [-0.15, -0.1) is 12.4 Å². The molecule has 0 saturated carbocycles. The number of fused-ring (bicyclic) bond motifs is 1. The third-order valence-electron chi connectivity index (χ3n) is 2.42. The van der Waals surface area contributed by atoms with Gasteiger partial charge in [-0.05, 0) is 23.6 Å². The highest BCUT2D eigenvalue weighted by molar-refractivity contribution is 5.95. The van der Waals surface area contributed by atoms with Crippen molar-refractivity contribution in [1.82, 2.24) is 0 Å². The number of anilines is 1. The minimum atomic E-state index is 0. The van der Waals surface area contributed by atoms with Crippen LogP contribution in [0.15, 0.2) is 30.3 Å². The van der Waals surface area contributed by atoms with Crippen LogP contribution in [0.2, 0.25) is 0 Å². The number of benzene rings is 2. The molecule has 86 valence electrons. The van der Waals surface area contributed by atoms with Crippen molar-refractivity contribution in [1.29, 1.82) is 0 Å². The highest BCUT2D eigenvalue weighted by Gasteiger charge is 2.06. The van der Waals surface area contributed by atoms with Gasteiger partial charge in [-0.2, -0.15) is 0 Å². The summed E-state index contributed by atoms with van der Waals surface area (Å²) in [5.74, 6) is 1.42. The molecule has 0 atom stereocenters. The van der Waals surface area contributed by atoms with E-state index in [0.717, 1.165) is 22.2 Å². The Bertz CT molecular complexity index is 500. The third kappa shape index (κ3) is 1.99. The summed E-state index contributed by atoms with van der Waals surface area (Å²) in [5.41, 5.74) is 6.62. The molecule has 4 heteroatoms. The van der Waals surface area contributed by atoms with Crippen LogP contribution in [0.5, 0.6) is 11.5 Å². The van der Waals surface area contributed by atoms with E-state index in [1.54, 1.807) is 14.2 Å². The van der Waals surface area contributed by atoms with E-state index in [1.807, 2.05) is 30.3 Å². The monoisotopic (exact) mass is 239 g/mol. The number of nitrogens with two attached hydrogens (primary N) is 1. The molecule has 0 aliphatic carbocycles. The molecular weight excluding hydrogens is 226 g/mol. The van der Waals surface area contributed by atoms with Gasteiger partial charge >= 0.3 is 0 Å². The van der Waals surface area contributed by atoms with Crippen molar-refractivity contribution in [3.8, 4) is 11.5 Å². The summed E-state index contributed by atoms with van der Waals surface area (Å²) in [6, 6.07) is 9.60. The van der Waals surface area contributed by atoms with Crippen molar-refractivity contribution in [2.24, 2.45) is 0 Å². The zero-order chi connectivity index (χ0) is 10.8. The number of hydrogen-bond donors (Lipinski definition) is 1. The predicted octanol–water partition coefficient (Wildman–Crippen LogP) is 2.86. The molecule has 0 aliphatic heterocycles. The number of halogens is 1. The van der Waals surface area contributed by atoms with Crippen molar-refractivity contribution in [2.75, 3.05) is 20.0 Å². The molecule has 3 nitrogen and oxygen atoms in total. The summed E-state index contributed by atoms with van der Waals surface area (Å²) in [6.45, 7) is 0. The Morgan fingerprint density at radius 1 is 1.00 bits per heavy atom. The van der Waals surface area contributed by atoms with Crippen LogP contribution in [0.1, 0.15) is 0 Å². The van der Waals surface area contributed by atoms with Crippen LogP contribution in [0.3, 0.4) is 0 Å². The zero-order valence-electron chi connectivity index (χ0n) is 9.19. The van der Waals surface area contributed by atoms with Crippen molar-refractivity contribution in [3.63, 3.8) is 0 Å². The SMILES string of the molecule is COc1cc2cccc(N)c2cc1OC.Cl. The summed E-state index contributed by atoms with van der Waals surface area (Å²) in [7, 11) is 3.23. The highest BCUT2D eigenvalue weighted by atomic mass is 35.5. The topological polar surface area (TPSA) is 44.5 Å². The van der Waals surface area contributed by atoms with Crippen molar-refractivity contribution in [2.45, 2.75) is 0 Å². The molecule has 0 aromatic heterocycles. The fourth-order valence-electron chi connectivity index (χ4n) is 1.63. The first-order valence-corrected chi connectivity index (χ1v) is 4.66. The smallest absolute Gasteiger partial charge is 0.161 e. The van der Waals surface area contributed by atoms with Gasteiger partial charge in [0.1, 0.15) is 0 Å². The second-order valence-corrected chi connectivity index (χ2v) is 3.28. The maximum Gasteiger partial charge on any atom is 0.161 e. The van der Waals surface area contributed by atoms with Gasteiger partial charge in [0.05, 0.1) is 14.2 Å². The molecule has 2 aromatic rings. The van der Waals surface area contributed by atoms with Crippen LogP contribution < -0.4 is 15.2 Å². The van der Waals surface area contributed by atoms with Gasteiger partial charge in [0.15, 0.2) is 11.5 Å². The van der Waals surface area contributed by atoms with Crippen LogP contribution in [0, 0.1) is 0 Å². The molecule has 2 rings (SSSR count). The Kier molecular flexibility index (Phi) is 3.85. The maximum atomic E-state index is 5.87. The van der Waals surface area contributed by atoms with E-state index in [0.29, 0.717) is 5.75 Å². The number of ether oxygens (including phenoxy) is 2. The van der Waals surface area contributed by atoms with E-state index in [-0.39, 0.29) is 12.4 Å². The number of rotatable bonds is 2. The quantitative estimate of drug-likeness (QED) is 0.820. The standard InChI is InChI=1S/C12H13NO2.ClH/c1-14-11-6-8-4-3-5-10(13)9(8)7-12(11)15-2;/h3-7H,13H2,1-2H3;1H. The molecule has 0 unspecified atom stereocenters. The molecule has 0 bridgehead atoms. The van der Waals surface area contributed by atoms with Crippen molar-refractivity contribution >= 4 is 28.9 Å². The molecule has 2 N–H and O–H groups in total. The lowest BCUT2D eigenvalue weighted by molar-refractivity contribution is 0.356. The second-order valence-electron chi connectivity index (χ2n) is 3.28. The maximum absolute atomic E-state index is 5.87. The molecule has 16 heavy (non-hydrogen) atoms. The lowest BCUT2D eigenvalue weighted by Gasteiger charge is -2.10. The first kappa shape index (κ1) is 12.5. The normalized spacial score (nSPS) is 9.62. The first-order valence-electron chi connectivity index (χ1n) is 4.66. The van der Waals surface area contributed by atoms with Gasteiger partial charge in [0, 0.05) is 11.1 Å². The largest absolute Gasteiger partial charge is 0.493 e. The van der Waals surface area contributed by atoms with E-state index in [4.69, 9.17) is 15.2 Å². The van der Waals surface area contributed by atoms with Crippen molar-refractivity contribution in [3.05, 3.63) is 30.3 Å². The van der Waals surface area contributed by atoms with Crippen LogP contribution in [0.4, 0.5) is 5.69 Å². The van der Waals surface area contributed by atoms with E-state index in [9.17, 15) is 0 Å². The molecule has 0 aliphatic rings. The fourth-order valence-corrected chi connectivity index (χ4v) is 1.63. The van der Waals surface area contributed by atoms with E-state index < -0.39 is 0 Å². The average Bonchev–Trinajstić information content (AvgIpc) is 2.28. The molecule has 0 heterocycles. The van der Waals surface area contributed by atoms with E-state index >= 15 is 0 Å². The van der Waals surface area contributed by atoms with E-state index in [1.165, 1.54) is 0 Å². The highest BCUT2D eigenvalue weighted by Crippen LogP contribution is 2.34. The zero-order valence-corrected chi connectivity index (χ0v) is 10.0. The Morgan fingerprint density at radius 2 is 1.62 bits per heavy atom. The Labute approximate surface area is 101 Å². The summed E-state index contributed by atoms with van der Waals surface area (Å²) in [4.78, 5) is 0. The van der Waals surface area contributed by atoms with Crippen LogP contribution in [-0.4, -0.2) is 14.2 Å². The number of nitrogen functional groups attached to an aromatic ring is 1. The molecule has 0 saturated heterocycles. The predicted molar refractivity (Wildman–Crippen MR) is 68.7 cm³/mol. The van der Waals surface area contributed by atoms with Crippen LogP contribution >= 0.6 is 12.4 Å². The summed E-state index contributed by atoms with van der Waals surface area (Å²) >= 11 is 0. The summed E-state index contributed by atoms with van der Waals surface area (Å²) in [5, 5.41) is 2.03. The minimum Gasteiger partial charge on any atom is -0.493 e. The van der Waals surface area contributed by atoms with Gasteiger partial charge in [0.25, 0.3) is 0 Å². The number of methoxy groups -OCH3 is 2. The number of hydrogen-bond acceptors (Lipinski definition) is 3. The average molecular weight is 240 g/mol. The second kappa shape index (κ2) is 4.94. The first-order chi connectivity index (χ1) is 7.26. The fraction of sp³-hybridized carbons (Fsp3) is 0.167. The van der Waals surface area contributed by atoms with Gasteiger partial charge in [-0.1, -0.05) is 12.1 Å². The van der Waals surface area contributed by atoms with Gasteiger partial charge in [-0.25, -0.2) is 0 Å². The molecule has 0 amide bonds. The van der Waals surface area contributed by atoms with Gasteiger partial charge in [-0.3, -0.25) is 0 Å². The van der Waals surface area contributed by atoms with Crippen molar-refractivity contribution < 1.29 is 9.47 Å². The lowest BCUT2D eigenvalue weighted by atomic mass is 10.1.